The molecule has 5 nitrogen and oxygen atoms in total. The van der Waals surface area contributed by atoms with Gasteiger partial charge in [0.1, 0.15) is 6.54 Å². The lowest BCUT2D eigenvalue weighted by Gasteiger charge is -2.15. The van der Waals surface area contributed by atoms with Crippen molar-refractivity contribution in [2.24, 2.45) is 5.16 Å². The summed E-state index contributed by atoms with van der Waals surface area (Å²) in [6.45, 7) is 1.84. The highest BCUT2D eigenvalue weighted by Gasteiger charge is 2.22. The summed E-state index contributed by atoms with van der Waals surface area (Å²) in [6.07, 6.45) is 2.49. The number of oxime groups is 1. The van der Waals surface area contributed by atoms with Gasteiger partial charge in [0.05, 0.1) is 5.71 Å². The van der Waals surface area contributed by atoms with Crippen molar-refractivity contribution in [2.45, 2.75) is 32.7 Å². The molecule has 0 unspecified atom stereocenters. The van der Waals surface area contributed by atoms with Crippen molar-refractivity contribution in [3.05, 3.63) is 23.0 Å². The van der Waals surface area contributed by atoms with Gasteiger partial charge in [-0.15, -0.1) is 0 Å². The fourth-order valence-electron chi connectivity index (χ4n) is 2.27. The molecule has 0 saturated carbocycles. The minimum absolute atomic E-state index is 0.0279. The van der Waals surface area contributed by atoms with Crippen molar-refractivity contribution in [3.63, 3.8) is 0 Å². The van der Waals surface area contributed by atoms with Gasteiger partial charge in [0.2, 0.25) is 0 Å². The Bertz CT molecular complexity index is 460. The number of aryl methyl sites for hydroxylation is 1. The van der Waals surface area contributed by atoms with Crippen LogP contribution in [0.25, 0.3) is 0 Å². The largest absolute Gasteiger partial charge is 0.480 e. The van der Waals surface area contributed by atoms with E-state index < -0.39 is 5.97 Å². The maximum Gasteiger partial charge on any atom is 0.323 e. The van der Waals surface area contributed by atoms with Gasteiger partial charge in [-0.05, 0) is 32.3 Å². The zero-order chi connectivity index (χ0) is 11.7. The standard InChI is InChI=1S/C11H14N2O3/c1-7-5-8-9(12-16)3-2-4-10(8)13(7)6-11(14)15/h5,16H,2-4,6H2,1H3,(H,14,15)/b12-9-. The lowest BCUT2D eigenvalue weighted by molar-refractivity contribution is -0.137. The van der Waals surface area contributed by atoms with E-state index in [-0.39, 0.29) is 6.54 Å². The highest BCUT2D eigenvalue weighted by Crippen LogP contribution is 2.25. The molecule has 1 aliphatic rings. The van der Waals surface area contributed by atoms with Crippen molar-refractivity contribution in [2.75, 3.05) is 0 Å². The van der Waals surface area contributed by atoms with E-state index >= 15 is 0 Å². The molecule has 0 atom stereocenters. The fraction of sp³-hybridized carbons (Fsp3) is 0.455. The predicted octanol–water partition coefficient (Wildman–Crippen LogP) is 1.40. The molecule has 2 N–H and O–H groups in total. The quantitative estimate of drug-likeness (QED) is 0.586. The second-order valence-electron chi connectivity index (χ2n) is 4.03. The van der Waals surface area contributed by atoms with E-state index in [9.17, 15) is 4.79 Å². The number of aromatic nitrogens is 1. The van der Waals surface area contributed by atoms with Crippen LogP contribution in [0, 0.1) is 6.92 Å². The van der Waals surface area contributed by atoms with Gasteiger partial charge in [-0.3, -0.25) is 4.79 Å². The molecule has 5 heteroatoms. The van der Waals surface area contributed by atoms with E-state index in [1.165, 1.54) is 0 Å². The van der Waals surface area contributed by atoms with Gasteiger partial charge in [0, 0.05) is 17.0 Å². The molecule has 1 aromatic heterocycles. The van der Waals surface area contributed by atoms with Crippen LogP contribution in [0.5, 0.6) is 0 Å². The number of fused-ring (bicyclic) bond motifs is 1. The molecule has 0 fully saturated rings. The molecule has 0 spiro atoms. The molecule has 0 radical (unpaired) electrons. The van der Waals surface area contributed by atoms with Crippen LogP contribution < -0.4 is 0 Å². The number of carboxylic acid groups (broad SMARTS) is 1. The maximum atomic E-state index is 10.8. The van der Waals surface area contributed by atoms with Gasteiger partial charge >= 0.3 is 5.97 Å². The molecule has 0 aliphatic heterocycles. The van der Waals surface area contributed by atoms with Crippen LogP contribution in [-0.2, 0) is 17.8 Å². The second kappa shape index (κ2) is 4.00. The molecule has 86 valence electrons. The zero-order valence-corrected chi connectivity index (χ0v) is 9.10. The summed E-state index contributed by atoms with van der Waals surface area (Å²) in [4.78, 5) is 10.8. The Hall–Kier alpha value is -1.78. The van der Waals surface area contributed by atoms with Gasteiger partial charge in [-0.2, -0.15) is 0 Å². The minimum Gasteiger partial charge on any atom is -0.480 e. The summed E-state index contributed by atoms with van der Waals surface area (Å²) >= 11 is 0. The lowest BCUT2D eigenvalue weighted by Crippen LogP contribution is -2.17. The summed E-state index contributed by atoms with van der Waals surface area (Å²) in [5, 5.41) is 21.0. The monoisotopic (exact) mass is 222 g/mol. The van der Waals surface area contributed by atoms with E-state index in [4.69, 9.17) is 10.3 Å². The van der Waals surface area contributed by atoms with E-state index in [1.54, 1.807) is 4.57 Å². The van der Waals surface area contributed by atoms with Gasteiger partial charge in [0.25, 0.3) is 0 Å². The van der Waals surface area contributed by atoms with E-state index in [0.717, 1.165) is 36.2 Å². The fourth-order valence-corrected chi connectivity index (χ4v) is 2.27. The third-order valence-corrected chi connectivity index (χ3v) is 2.97. The predicted molar refractivity (Wildman–Crippen MR) is 58.1 cm³/mol. The number of nitrogens with zero attached hydrogens (tertiary/aromatic N) is 2. The van der Waals surface area contributed by atoms with E-state index in [1.807, 2.05) is 13.0 Å². The van der Waals surface area contributed by atoms with Gasteiger partial charge in [-0.1, -0.05) is 5.16 Å². The molecule has 2 rings (SSSR count). The van der Waals surface area contributed by atoms with Crippen LogP contribution in [0.3, 0.4) is 0 Å². The number of carboxylic acids is 1. The average molecular weight is 222 g/mol. The van der Waals surface area contributed by atoms with Crippen LogP contribution in [0.2, 0.25) is 0 Å². The molecule has 1 aliphatic carbocycles. The molecule has 0 saturated heterocycles. The first-order valence-electron chi connectivity index (χ1n) is 5.25. The Morgan fingerprint density at radius 2 is 2.31 bits per heavy atom. The van der Waals surface area contributed by atoms with Crippen LogP contribution >= 0.6 is 0 Å². The van der Waals surface area contributed by atoms with Crippen LogP contribution in [0.4, 0.5) is 0 Å². The third kappa shape index (κ3) is 1.68. The number of carbonyl (C=O) groups is 1. The highest BCUT2D eigenvalue weighted by molar-refractivity contribution is 6.02. The van der Waals surface area contributed by atoms with Gasteiger partial charge in [0.15, 0.2) is 0 Å². The van der Waals surface area contributed by atoms with Crippen molar-refractivity contribution >= 4 is 11.7 Å². The van der Waals surface area contributed by atoms with Gasteiger partial charge in [-0.25, -0.2) is 0 Å². The number of aliphatic carboxylic acids is 1. The summed E-state index contributed by atoms with van der Waals surface area (Å²) in [5.41, 5.74) is 3.43. The summed E-state index contributed by atoms with van der Waals surface area (Å²) in [7, 11) is 0. The molecule has 16 heavy (non-hydrogen) atoms. The third-order valence-electron chi connectivity index (χ3n) is 2.97. The first-order valence-corrected chi connectivity index (χ1v) is 5.25. The molecular weight excluding hydrogens is 208 g/mol. The summed E-state index contributed by atoms with van der Waals surface area (Å²) in [6, 6.07) is 1.90. The normalized spacial score (nSPS) is 17.4. The van der Waals surface area contributed by atoms with Gasteiger partial charge < -0.3 is 14.9 Å². The Morgan fingerprint density at radius 3 is 2.94 bits per heavy atom. The number of hydrogen-bond acceptors (Lipinski definition) is 3. The first-order chi connectivity index (χ1) is 7.63. The second-order valence-corrected chi connectivity index (χ2v) is 4.03. The molecule has 0 amide bonds. The zero-order valence-electron chi connectivity index (χ0n) is 9.10. The Kier molecular flexibility index (Phi) is 2.68. The SMILES string of the molecule is Cc1cc2c(n1CC(=O)O)CCC/C2=N/O. The molecule has 0 bridgehead atoms. The first kappa shape index (κ1) is 10.7. The lowest BCUT2D eigenvalue weighted by atomic mass is 9.96. The summed E-state index contributed by atoms with van der Waals surface area (Å²) in [5.74, 6) is -0.852. The van der Waals surface area contributed by atoms with Crippen molar-refractivity contribution in [1.29, 1.82) is 0 Å². The number of hydrogen-bond donors (Lipinski definition) is 2. The molecule has 0 aromatic carbocycles. The van der Waals surface area contributed by atoms with E-state index in [2.05, 4.69) is 5.16 Å². The van der Waals surface area contributed by atoms with Crippen LogP contribution in [0.1, 0.15) is 29.8 Å². The molecule has 1 aromatic rings. The molecule has 1 heterocycles. The molecular formula is C11H14N2O3. The Labute approximate surface area is 93.0 Å². The summed E-state index contributed by atoms with van der Waals surface area (Å²) < 4.78 is 1.78. The van der Waals surface area contributed by atoms with E-state index in [0.29, 0.717) is 5.71 Å². The van der Waals surface area contributed by atoms with Crippen molar-refractivity contribution in [1.82, 2.24) is 4.57 Å². The smallest absolute Gasteiger partial charge is 0.323 e. The van der Waals surface area contributed by atoms with Crippen molar-refractivity contribution < 1.29 is 15.1 Å². The minimum atomic E-state index is -0.852. The Balaban J connectivity index is 2.48. The van der Waals surface area contributed by atoms with Crippen molar-refractivity contribution in [3.8, 4) is 0 Å². The topological polar surface area (TPSA) is 74.8 Å². The average Bonchev–Trinajstić information content (AvgIpc) is 2.55. The number of rotatable bonds is 2. The maximum absolute atomic E-state index is 10.8. The van der Waals surface area contributed by atoms with Crippen LogP contribution in [-0.4, -0.2) is 26.6 Å². The Morgan fingerprint density at radius 1 is 1.56 bits per heavy atom. The van der Waals surface area contributed by atoms with Crippen LogP contribution in [0.15, 0.2) is 11.2 Å². The highest BCUT2D eigenvalue weighted by atomic mass is 16.4.